The van der Waals surface area contributed by atoms with Gasteiger partial charge in [-0.2, -0.15) is 5.10 Å². The fourth-order valence-electron chi connectivity index (χ4n) is 2.02. The van der Waals surface area contributed by atoms with Gasteiger partial charge in [-0.25, -0.2) is 4.68 Å². The van der Waals surface area contributed by atoms with Crippen LogP contribution >= 0.6 is 15.9 Å². The molecule has 0 aliphatic rings. The van der Waals surface area contributed by atoms with Gasteiger partial charge in [0.15, 0.2) is 0 Å². The lowest BCUT2D eigenvalue weighted by molar-refractivity contribution is 0.634. The minimum atomic E-state index is -0.102. The summed E-state index contributed by atoms with van der Waals surface area (Å²) in [5.41, 5.74) is 1.70. The molecule has 106 valence electrons. The highest BCUT2D eigenvalue weighted by Gasteiger charge is 2.06. The average Bonchev–Trinajstić information content (AvgIpc) is 2.43. The van der Waals surface area contributed by atoms with Gasteiger partial charge in [0.25, 0.3) is 5.56 Å². The standard InChI is InChI=1S/C14H17BrN4O/c1-3-18(4-2)13-6-14(20)19(17-9-13)10-11-5-12(15)8-16-7-11/h5-9H,3-4,10H2,1-2H3. The van der Waals surface area contributed by atoms with Gasteiger partial charge in [0.2, 0.25) is 0 Å². The predicted octanol–water partition coefficient (Wildman–Crippen LogP) is 2.30. The van der Waals surface area contributed by atoms with Crippen LogP contribution in [0.5, 0.6) is 0 Å². The molecule has 5 nitrogen and oxygen atoms in total. The lowest BCUT2D eigenvalue weighted by Gasteiger charge is -2.20. The van der Waals surface area contributed by atoms with Crippen LogP contribution in [0.4, 0.5) is 5.69 Å². The molecule has 0 bridgehead atoms. The van der Waals surface area contributed by atoms with E-state index in [1.54, 1.807) is 24.7 Å². The van der Waals surface area contributed by atoms with Gasteiger partial charge in [0.1, 0.15) is 0 Å². The summed E-state index contributed by atoms with van der Waals surface area (Å²) in [5.74, 6) is 0. The van der Waals surface area contributed by atoms with E-state index in [1.807, 2.05) is 6.07 Å². The summed E-state index contributed by atoms with van der Waals surface area (Å²) in [7, 11) is 0. The Bertz CT molecular complexity index is 637. The molecule has 0 aliphatic heterocycles. The first-order valence-electron chi connectivity index (χ1n) is 6.55. The minimum absolute atomic E-state index is 0.102. The number of hydrogen-bond donors (Lipinski definition) is 0. The van der Waals surface area contributed by atoms with Gasteiger partial charge in [-0.3, -0.25) is 9.78 Å². The summed E-state index contributed by atoms with van der Waals surface area (Å²) in [6.07, 6.45) is 5.18. The van der Waals surface area contributed by atoms with Gasteiger partial charge in [-0.05, 0) is 41.4 Å². The average molecular weight is 337 g/mol. The second-order valence-corrected chi connectivity index (χ2v) is 5.31. The lowest BCUT2D eigenvalue weighted by Crippen LogP contribution is -2.28. The fraction of sp³-hybridized carbons (Fsp3) is 0.357. The van der Waals surface area contributed by atoms with E-state index in [1.165, 1.54) is 4.68 Å². The lowest BCUT2D eigenvalue weighted by atomic mass is 10.3. The number of halogens is 1. The molecular weight excluding hydrogens is 320 g/mol. The molecule has 2 aromatic heterocycles. The van der Waals surface area contributed by atoms with E-state index in [9.17, 15) is 4.79 Å². The largest absolute Gasteiger partial charge is 0.371 e. The van der Waals surface area contributed by atoms with Crippen molar-refractivity contribution in [2.75, 3.05) is 18.0 Å². The minimum Gasteiger partial charge on any atom is -0.371 e. The van der Waals surface area contributed by atoms with Crippen LogP contribution < -0.4 is 10.5 Å². The Kier molecular flexibility index (Phi) is 4.89. The zero-order valence-electron chi connectivity index (χ0n) is 11.6. The maximum absolute atomic E-state index is 12.1. The quantitative estimate of drug-likeness (QED) is 0.840. The van der Waals surface area contributed by atoms with Crippen LogP contribution in [0.25, 0.3) is 0 Å². The normalized spacial score (nSPS) is 10.6. The van der Waals surface area contributed by atoms with Crippen molar-refractivity contribution in [2.24, 2.45) is 0 Å². The van der Waals surface area contributed by atoms with Crippen molar-refractivity contribution in [3.8, 4) is 0 Å². The molecule has 0 radical (unpaired) electrons. The summed E-state index contributed by atoms with van der Waals surface area (Å²) in [6.45, 7) is 6.25. The topological polar surface area (TPSA) is 51.0 Å². The molecule has 0 aromatic carbocycles. The van der Waals surface area contributed by atoms with Gasteiger partial charge in [-0.15, -0.1) is 0 Å². The van der Waals surface area contributed by atoms with E-state index >= 15 is 0 Å². The fourth-order valence-corrected chi connectivity index (χ4v) is 2.43. The Balaban J connectivity index is 2.24. The van der Waals surface area contributed by atoms with Crippen LogP contribution in [-0.4, -0.2) is 27.9 Å². The number of rotatable bonds is 5. The molecule has 0 amide bonds. The molecule has 0 atom stereocenters. The molecule has 0 N–H and O–H groups in total. The predicted molar refractivity (Wildman–Crippen MR) is 83.1 cm³/mol. The summed E-state index contributed by atoms with van der Waals surface area (Å²) in [5, 5.41) is 4.24. The third kappa shape index (κ3) is 3.45. The summed E-state index contributed by atoms with van der Waals surface area (Å²) in [4.78, 5) is 18.3. The molecule has 0 spiro atoms. The van der Waals surface area contributed by atoms with Crippen molar-refractivity contribution >= 4 is 21.6 Å². The van der Waals surface area contributed by atoms with Gasteiger partial charge in [-0.1, -0.05) is 0 Å². The van der Waals surface area contributed by atoms with Crippen molar-refractivity contribution in [3.05, 3.63) is 51.1 Å². The Labute approximate surface area is 126 Å². The zero-order valence-corrected chi connectivity index (χ0v) is 13.2. The van der Waals surface area contributed by atoms with Crippen LogP contribution in [-0.2, 0) is 6.54 Å². The number of nitrogens with zero attached hydrogens (tertiary/aromatic N) is 4. The Morgan fingerprint density at radius 1 is 1.20 bits per heavy atom. The van der Waals surface area contributed by atoms with Crippen molar-refractivity contribution < 1.29 is 0 Å². The highest BCUT2D eigenvalue weighted by atomic mass is 79.9. The van der Waals surface area contributed by atoms with Crippen LogP contribution in [0, 0.1) is 0 Å². The van der Waals surface area contributed by atoms with E-state index in [0.717, 1.165) is 28.8 Å². The molecule has 20 heavy (non-hydrogen) atoms. The van der Waals surface area contributed by atoms with E-state index in [4.69, 9.17) is 0 Å². The van der Waals surface area contributed by atoms with Crippen molar-refractivity contribution in [1.82, 2.24) is 14.8 Å². The molecular formula is C14H17BrN4O. The zero-order chi connectivity index (χ0) is 14.5. The van der Waals surface area contributed by atoms with E-state index < -0.39 is 0 Å². The van der Waals surface area contributed by atoms with Crippen molar-refractivity contribution in [2.45, 2.75) is 20.4 Å². The molecule has 0 unspecified atom stereocenters. The Morgan fingerprint density at radius 3 is 2.55 bits per heavy atom. The van der Waals surface area contributed by atoms with Gasteiger partial charge < -0.3 is 4.90 Å². The van der Waals surface area contributed by atoms with Crippen LogP contribution in [0.15, 0.2) is 40.0 Å². The Hall–Kier alpha value is -1.69. The molecule has 2 aromatic rings. The first-order valence-corrected chi connectivity index (χ1v) is 7.35. The summed E-state index contributed by atoms with van der Waals surface area (Å²) < 4.78 is 2.33. The Morgan fingerprint density at radius 2 is 1.95 bits per heavy atom. The highest BCUT2D eigenvalue weighted by molar-refractivity contribution is 9.10. The molecule has 6 heteroatoms. The maximum atomic E-state index is 12.1. The van der Waals surface area contributed by atoms with Crippen LogP contribution in [0.2, 0.25) is 0 Å². The highest BCUT2D eigenvalue weighted by Crippen LogP contribution is 2.11. The number of pyridine rings is 1. The first kappa shape index (κ1) is 14.7. The van der Waals surface area contributed by atoms with Gasteiger partial charge >= 0.3 is 0 Å². The third-order valence-corrected chi connectivity index (χ3v) is 3.51. The van der Waals surface area contributed by atoms with Crippen molar-refractivity contribution in [1.29, 1.82) is 0 Å². The molecule has 2 rings (SSSR count). The summed E-state index contributed by atoms with van der Waals surface area (Å²) >= 11 is 3.37. The smallest absolute Gasteiger partial charge is 0.269 e. The molecule has 0 saturated carbocycles. The molecule has 0 fully saturated rings. The van der Waals surface area contributed by atoms with E-state index in [0.29, 0.717) is 6.54 Å². The van der Waals surface area contributed by atoms with Gasteiger partial charge in [0, 0.05) is 36.0 Å². The second-order valence-electron chi connectivity index (χ2n) is 4.39. The SMILES string of the molecule is CCN(CC)c1cnn(Cc2cncc(Br)c2)c(=O)c1. The summed E-state index contributed by atoms with van der Waals surface area (Å²) in [6, 6.07) is 3.56. The van der Waals surface area contributed by atoms with Crippen molar-refractivity contribution in [3.63, 3.8) is 0 Å². The maximum Gasteiger partial charge on any atom is 0.269 e. The molecule has 0 aliphatic carbocycles. The molecule has 2 heterocycles. The first-order chi connectivity index (χ1) is 9.63. The third-order valence-electron chi connectivity index (χ3n) is 3.08. The van der Waals surface area contributed by atoms with Gasteiger partial charge in [0.05, 0.1) is 18.4 Å². The molecule has 0 saturated heterocycles. The van der Waals surface area contributed by atoms with E-state index in [2.05, 4.69) is 44.8 Å². The number of aromatic nitrogens is 3. The van der Waals surface area contributed by atoms with E-state index in [-0.39, 0.29) is 5.56 Å². The number of anilines is 1. The van der Waals surface area contributed by atoms with Crippen LogP contribution in [0.3, 0.4) is 0 Å². The second kappa shape index (κ2) is 6.65. The monoisotopic (exact) mass is 336 g/mol. The number of hydrogen-bond acceptors (Lipinski definition) is 4. The van der Waals surface area contributed by atoms with Crippen LogP contribution in [0.1, 0.15) is 19.4 Å².